The molecule has 0 aromatic heterocycles. The number of nitrogens with one attached hydrogen (secondary N) is 1. The zero-order valence-electron chi connectivity index (χ0n) is 10.9. The fraction of sp³-hybridized carbons (Fsp3) is 0.400. The second-order valence-electron chi connectivity index (χ2n) is 4.12. The van der Waals surface area contributed by atoms with E-state index in [9.17, 15) is 4.79 Å². The van der Waals surface area contributed by atoms with Crippen LogP contribution in [0.1, 0.15) is 32.3 Å². The van der Waals surface area contributed by atoms with E-state index in [0.717, 1.165) is 5.56 Å². The summed E-state index contributed by atoms with van der Waals surface area (Å²) in [6.45, 7) is 4.14. The predicted octanol–water partition coefficient (Wildman–Crippen LogP) is 3.10. The summed E-state index contributed by atoms with van der Waals surface area (Å²) in [5.74, 6) is 2.63. The average Bonchev–Trinajstić information content (AvgIpc) is 2.44. The van der Waals surface area contributed by atoms with Crippen molar-refractivity contribution in [3.05, 3.63) is 35.9 Å². The van der Waals surface area contributed by atoms with Crippen LogP contribution in [0.4, 0.5) is 4.79 Å². The van der Waals surface area contributed by atoms with Crippen LogP contribution in [0.15, 0.2) is 30.3 Å². The molecular formula is C15H19NO2. The third-order valence-electron chi connectivity index (χ3n) is 3.04. The summed E-state index contributed by atoms with van der Waals surface area (Å²) in [5.41, 5.74) is 0.347. The molecule has 0 saturated heterocycles. The molecule has 96 valence electrons. The first-order valence-electron chi connectivity index (χ1n) is 6.12. The molecule has 3 heteroatoms. The van der Waals surface area contributed by atoms with Gasteiger partial charge in [-0.15, -0.1) is 6.42 Å². The van der Waals surface area contributed by atoms with Crippen LogP contribution in [0.25, 0.3) is 0 Å². The van der Waals surface area contributed by atoms with Gasteiger partial charge in [0.2, 0.25) is 0 Å². The molecule has 0 aliphatic heterocycles. The molecule has 0 aliphatic carbocycles. The van der Waals surface area contributed by atoms with Gasteiger partial charge in [-0.3, -0.25) is 0 Å². The lowest BCUT2D eigenvalue weighted by Crippen LogP contribution is -2.46. The average molecular weight is 245 g/mol. The van der Waals surface area contributed by atoms with E-state index in [1.165, 1.54) is 0 Å². The Morgan fingerprint density at radius 2 is 1.94 bits per heavy atom. The van der Waals surface area contributed by atoms with Crippen molar-refractivity contribution in [2.45, 2.75) is 38.8 Å². The number of ether oxygens (including phenoxy) is 1. The normalized spacial score (nSPS) is 10.5. The summed E-state index contributed by atoms with van der Waals surface area (Å²) < 4.78 is 5.14. The maximum Gasteiger partial charge on any atom is 0.408 e. The highest BCUT2D eigenvalue weighted by molar-refractivity contribution is 5.69. The Balaban J connectivity index is 2.50. The van der Waals surface area contributed by atoms with E-state index in [4.69, 9.17) is 11.2 Å². The van der Waals surface area contributed by atoms with Crippen molar-refractivity contribution in [1.82, 2.24) is 5.32 Å². The van der Waals surface area contributed by atoms with E-state index in [-0.39, 0.29) is 6.61 Å². The first kappa shape index (κ1) is 14.1. The molecular weight excluding hydrogens is 226 g/mol. The van der Waals surface area contributed by atoms with Gasteiger partial charge in [0.05, 0.1) is 0 Å². The summed E-state index contributed by atoms with van der Waals surface area (Å²) in [6.07, 6.45) is 6.35. The van der Waals surface area contributed by atoms with E-state index < -0.39 is 11.6 Å². The molecule has 0 atom stereocenters. The maximum absolute atomic E-state index is 11.7. The predicted molar refractivity (Wildman–Crippen MR) is 71.9 cm³/mol. The minimum atomic E-state index is -0.603. The van der Waals surface area contributed by atoms with Gasteiger partial charge >= 0.3 is 6.09 Å². The van der Waals surface area contributed by atoms with Gasteiger partial charge in [-0.2, -0.15) is 0 Å². The lowest BCUT2D eigenvalue weighted by molar-refractivity contribution is 0.130. The number of carbonyl (C=O) groups is 1. The van der Waals surface area contributed by atoms with Gasteiger partial charge in [0, 0.05) is 0 Å². The molecule has 1 aromatic carbocycles. The molecule has 1 N–H and O–H groups in total. The van der Waals surface area contributed by atoms with Gasteiger partial charge in [0.15, 0.2) is 0 Å². The van der Waals surface area contributed by atoms with Crippen molar-refractivity contribution in [2.75, 3.05) is 0 Å². The van der Waals surface area contributed by atoms with Gasteiger partial charge in [-0.25, -0.2) is 4.79 Å². The smallest absolute Gasteiger partial charge is 0.408 e. The van der Waals surface area contributed by atoms with Crippen LogP contribution >= 0.6 is 0 Å². The topological polar surface area (TPSA) is 38.3 Å². The highest BCUT2D eigenvalue weighted by Gasteiger charge is 2.25. The Labute approximate surface area is 109 Å². The first-order valence-corrected chi connectivity index (χ1v) is 6.12. The number of hydrogen-bond donors (Lipinski definition) is 1. The monoisotopic (exact) mass is 245 g/mol. The number of rotatable bonds is 5. The number of benzene rings is 1. The number of alkyl carbamates (subject to hydrolysis) is 1. The molecule has 3 nitrogen and oxygen atoms in total. The summed E-state index contributed by atoms with van der Waals surface area (Å²) >= 11 is 0. The SMILES string of the molecule is C#CC(CC)(CC)NC(=O)OCc1ccccc1. The zero-order valence-corrected chi connectivity index (χ0v) is 10.9. The molecule has 0 radical (unpaired) electrons. The van der Waals surface area contributed by atoms with Crippen molar-refractivity contribution in [3.63, 3.8) is 0 Å². The molecule has 0 fully saturated rings. The van der Waals surface area contributed by atoms with E-state index >= 15 is 0 Å². The van der Waals surface area contributed by atoms with Gasteiger partial charge < -0.3 is 10.1 Å². The van der Waals surface area contributed by atoms with Gasteiger partial charge in [0.25, 0.3) is 0 Å². The van der Waals surface area contributed by atoms with E-state index in [2.05, 4.69) is 11.2 Å². The highest BCUT2D eigenvalue weighted by Crippen LogP contribution is 2.14. The molecule has 1 amide bonds. The van der Waals surface area contributed by atoms with Crippen LogP contribution in [-0.4, -0.2) is 11.6 Å². The zero-order chi connectivity index (χ0) is 13.4. The number of carbonyl (C=O) groups excluding carboxylic acids is 1. The van der Waals surface area contributed by atoms with Crippen LogP contribution < -0.4 is 5.32 Å². The van der Waals surface area contributed by atoms with Crippen LogP contribution in [0, 0.1) is 12.3 Å². The van der Waals surface area contributed by atoms with Crippen molar-refractivity contribution < 1.29 is 9.53 Å². The quantitative estimate of drug-likeness (QED) is 0.809. The summed E-state index contributed by atoms with van der Waals surface area (Å²) in [4.78, 5) is 11.7. The van der Waals surface area contributed by atoms with E-state index in [1.54, 1.807) is 0 Å². The Hall–Kier alpha value is -1.95. The number of terminal acetylenes is 1. The molecule has 0 spiro atoms. The van der Waals surface area contributed by atoms with Crippen LogP contribution in [0.2, 0.25) is 0 Å². The minimum Gasteiger partial charge on any atom is -0.445 e. The molecule has 1 aromatic rings. The van der Waals surface area contributed by atoms with Crippen molar-refractivity contribution in [3.8, 4) is 12.3 Å². The second kappa shape index (κ2) is 6.70. The number of hydrogen-bond acceptors (Lipinski definition) is 2. The third kappa shape index (κ3) is 3.81. The Kier molecular flexibility index (Phi) is 5.26. The Morgan fingerprint density at radius 3 is 2.44 bits per heavy atom. The molecule has 0 aliphatic rings. The molecule has 0 bridgehead atoms. The minimum absolute atomic E-state index is 0.251. The Bertz CT molecular complexity index is 416. The van der Waals surface area contributed by atoms with Crippen LogP contribution in [0.3, 0.4) is 0 Å². The van der Waals surface area contributed by atoms with Gasteiger partial charge in [-0.1, -0.05) is 50.1 Å². The first-order chi connectivity index (χ1) is 8.65. The molecule has 0 heterocycles. The largest absolute Gasteiger partial charge is 0.445 e. The van der Waals surface area contributed by atoms with Gasteiger partial charge in [0.1, 0.15) is 12.1 Å². The number of amides is 1. The summed E-state index contributed by atoms with van der Waals surface area (Å²) in [6, 6.07) is 9.53. The second-order valence-corrected chi connectivity index (χ2v) is 4.12. The fourth-order valence-electron chi connectivity index (χ4n) is 1.62. The lowest BCUT2D eigenvalue weighted by Gasteiger charge is -2.26. The molecule has 1 rings (SSSR count). The van der Waals surface area contributed by atoms with Gasteiger partial charge in [-0.05, 0) is 18.4 Å². The maximum atomic E-state index is 11.7. The van der Waals surface area contributed by atoms with E-state index in [1.807, 2.05) is 44.2 Å². The summed E-state index contributed by atoms with van der Waals surface area (Å²) in [5, 5.41) is 2.75. The van der Waals surface area contributed by atoms with Crippen LogP contribution in [0.5, 0.6) is 0 Å². The third-order valence-corrected chi connectivity index (χ3v) is 3.04. The standard InChI is InChI=1S/C15H19NO2/c1-4-15(5-2,6-3)16-14(17)18-12-13-10-8-7-9-11-13/h1,7-11H,5-6,12H2,2-3H3,(H,16,17). The van der Waals surface area contributed by atoms with Crippen LogP contribution in [-0.2, 0) is 11.3 Å². The van der Waals surface area contributed by atoms with E-state index in [0.29, 0.717) is 12.8 Å². The van der Waals surface area contributed by atoms with Crippen molar-refractivity contribution >= 4 is 6.09 Å². The van der Waals surface area contributed by atoms with Crippen molar-refractivity contribution in [2.24, 2.45) is 0 Å². The fourth-order valence-corrected chi connectivity index (χ4v) is 1.62. The Morgan fingerprint density at radius 1 is 1.33 bits per heavy atom. The molecule has 0 unspecified atom stereocenters. The van der Waals surface area contributed by atoms with Crippen molar-refractivity contribution in [1.29, 1.82) is 0 Å². The molecule has 0 saturated carbocycles. The lowest BCUT2D eigenvalue weighted by atomic mass is 9.94. The summed E-state index contributed by atoms with van der Waals surface area (Å²) in [7, 11) is 0. The highest BCUT2D eigenvalue weighted by atomic mass is 16.5. The molecule has 18 heavy (non-hydrogen) atoms.